The number of carbonyl (C=O) groups is 1. The van der Waals surface area contributed by atoms with E-state index >= 15 is 0 Å². The van der Waals surface area contributed by atoms with Crippen LogP contribution in [-0.4, -0.2) is 29.7 Å². The summed E-state index contributed by atoms with van der Waals surface area (Å²) in [6.07, 6.45) is 1.73. The summed E-state index contributed by atoms with van der Waals surface area (Å²) in [5.41, 5.74) is 5.81. The van der Waals surface area contributed by atoms with Crippen LogP contribution in [0.15, 0.2) is 0 Å². The second-order valence-corrected chi connectivity index (χ2v) is 5.06. The molecule has 0 saturated carbocycles. The van der Waals surface area contributed by atoms with Crippen molar-refractivity contribution < 1.29 is 9.90 Å². The van der Waals surface area contributed by atoms with Crippen molar-refractivity contribution in [1.29, 1.82) is 0 Å². The van der Waals surface area contributed by atoms with Crippen LogP contribution in [0.3, 0.4) is 0 Å². The fourth-order valence-corrected chi connectivity index (χ4v) is 1.74. The quantitative estimate of drug-likeness (QED) is 0.602. The number of hydrogen-bond acceptors (Lipinski definition) is 3. The number of hydrogen-bond donors (Lipinski definition) is 3. The Kier molecular flexibility index (Phi) is 8.17. The normalized spacial score (nSPS) is 15.1. The molecule has 4 heteroatoms. The van der Waals surface area contributed by atoms with Gasteiger partial charge in [0.05, 0.1) is 6.10 Å². The Morgan fingerprint density at radius 3 is 2.24 bits per heavy atom. The van der Waals surface area contributed by atoms with Crippen LogP contribution in [0.25, 0.3) is 0 Å². The Morgan fingerprint density at radius 1 is 1.29 bits per heavy atom. The zero-order valence-corrected chi connectivity index (χ0v) is 11.6. The van der Waals surface area contributed by atoms with Crippen LogP contribution >= 0.6 is 0 Å². The van der Waals surface area contributed by atoms with Crippen LogP contribution in [-0.2, 0) is 4.79 Å². The summed E-state index contributed by atoms with van der Waals surface area (Å²) in [5, 5.41) is 12.6. The molecule has 0 aliphatic heterocycles. The van der Waals surface area contributed by atoms with E-state index in [9.17, 15) is 9.90 Å². The Bertz CT molecular complexity index is 215. The van der Waals surface area contributed by atoms with Gasteiger partial charge < -0.3 is 16.2 Å². The Balaban J connectivity index is 3.91. The van der Waals surface area contributed by atoms with E-state index in [0.29, 0.717) is 18.9 Å². The highest BCUT2D eigenvalue weighted by Crippen LogP contribution is 2.12. The molecule has 2 atom stereocenters. The topological polar surface area (TPSA) is 75.3 Å². The molecule has 0 heterocycles. The van der Waals surface area contributed by atoms with Crippen molar-refractivity contribution in [3.63, 3.8) is 0 Å². The third-order valence-electron chi connectivity index (χ3n) is 3.38. The van der Waals surface area contributed by atoms with Crippen LogP contribution in [0, 0.1) is 11.8 Å². The summed E-state index contributed by atoms with van der Waals surface area (Å²) >= 11 is 0. The summed E-state index contributed by atoms with van der Waals surface area (Å²) in [6, 6.07) is -0.111. The lowest BCUT2D eigenvalue weighted by atomic mass is 9.96. The van der Waals surface area contributed by atoms with Gasteiger partial charge in [0.25, 0.3) is 0 Å². The van der Waals surface area contributed by atoms with Gasteiger partial charge in [-0.1, -0.05) is 40.5 Å². The number of carbonyl (C=O) groups excluding carboxylic acids is 1. The zero-order chi connectivity index (χ0) is 13.4. The maximum absolute atomic E-state index is 11.6. The molecule has 2 unspecified atom stereocenters. The molecule has 0 aromatic carbocycles. The van der Waals surface area contributed by atoms with Gasteiger partial charge in [-0.25, -0.2) is 0 Å². The van der Waals surface area contributed by atoms with Crippen molar-refractivity contribution >= 4 is 5.91 Å². The molecule has 4 N–H and O–H groups in total. The zero-order valence-electron chi connectivity index (χ0n) is 11.6. The summed E-state index contributed by atoms with van der Waals surface area (Å²) in [5.74, 6) is 0.481. The average molecular weight is 244 g/mol. The lowest BCUT2D eigenvalue weighted by molar-refractivity contribution is -0.122. The first kappa shape index (κ1) is 16.4. The van der Waals surface area contributed by atoms with Crippen molar-refractivity contribution in [1.82, 2.24) is 5.32 Å². The molecular formula is C13H28N2O2. The number of amides is 1. The Morgan fingerprint density at radius 2 is 1.82 bits per heavy atom. The van der Waals surface area contributed by atoms with Crippen LogP contribution in [0.5, 0.6) is 0 Å². The number of nitrogens with two attached hydrogens (primary N) is 1. The molecule has 0 rings (SSSR count). The largest absolute Gasteiger partial charge is 0.391 e. The molecule has 0 aromatic rings. The molecule has 0 aromatic heterocycles. The summed E-state index contributed by atoms with van der Waals surface area (Å²) in [6.45, 7) is 8.42. The molecular weight excluding hydrogens is 216 g/mol. The van der Waals surface area contributed by atoms with Crippen molar-refractivity contribution in [2.75, 3.05) is 6.54 Å². The second-order valence-electron chi connectivity index (χ2n) is 5.06. The van der Waals surface area contributed by atoms with Gasteiger partial charge >= 0.3 is 0 Å². The van der Waals surface area contributed by atoms with Crippen molar-refractivity contribution in [3.05, 3.63) is 0 Å². The minimum absolute atomic E-state index is 0.0730. The third kappa shape index (κ3) is 6.64. The standard InChI is InChI=1S/C13H28N2O2/c1-5-10(6-2)12(16)8-15-13(17)7-11(14)9(3)4/h9-12,16H,5-8,14H2,1-4H3,(H,15,17). The van der Waals surface area contributed by atoms with Crippen molar-refractivity contribution in [2.45, 2.75) is 59.1 Å². The van der Waals surface area contributed by atoms with Crippen LogP contribution < -0.4 is 11.1 Å². The van der Waals surface area contributed by atoms with Gasteiger partial charge in [0.15, 0.2) is 0 Å². The lowest BCUT2D eigenvalue weighted by Gasteiger charge is -2.21. The molecule has 0 saturated heterocycles. The first-order valence-electron chi connectivity index (χ1n) is 6.62. The molecule has 1 amide bonds. The first-order chi connectivity index (χ1) is 7.92. The predicted molar refractivity (Wildman–Crippen MR) is 70.5 cm³/mol. The maximum Gasteiger partial charge on any atom is 0.221 e. The van der Waals surface area contributed by atoms with E-state index < -0.39 is 6.10 Å². The fraction of sp³-hybridized carbons (Fsp3) is 0.923. The molecule has 0 aliphatic carbocycles. The van der Waals surface area contributed by atoms with E-state index in [-0.39, 0.29) is 17.9 Å². The van der Waals surface area contributed by atoms with Gasteiger partial charge in [-0.2, -0.15) is 0 Å². The van der Waals surface area contributed by atoms with Crippen LogP contribution in [0.2, 0.25) is 0 Å². The Labute approximate surface area is 105 Å². The lowest BCUT2D eigenvalue weighted by Crippen LogP contribution is -2.39. The average Bonchev–Trinajstić information content (AvgIpc) is 2.27. The second kappa shape index (κ2) is 8.48. The predicted octanol–water partition coefficient (Wildman–Crippen LogP) is 1.27. The highest BCUT2D eigenvalue weighted by molar-refractivity contribution is 5.76. The van der Waals surface area contributed by atoms with Gasteiger partial charge in [-0.05, 0) is 11.8 Å². The van der Waals surface area contributed by atoms with Gasteiger partial charge in [0, 0.05) is 19.0 Å². The van der Waals surface area contributed by atoms with E-state index in [4.69, 9.17) is 5.73 Å². The highest BCUT2D eigenvalue weighted by atomic mass is 16.3. The monoisotopic (exact) mass is 244 g/mol. The minimum atomic E-state index is -0.454. The van der Waals surface area contributed by atoms with Gasteiger partial charge in [0.1, 0.15) is 0 Å². The van der Waals surface area contributed by atoms with Crippen LogP contribution in [0.1, 0.15) is 47.0 Å². The number of nitrogens with one attached hydrogen (secondary N) is 1. The molecule has 17 heavy (non-hydrogen) atoms. The minimum Gasteiger partial charge on any atom is -0.391 e. The van der Waals surface area contributed by atoms with E-state index in [1.807, 2.05) is 27.7 Å². The van der Waals surface area contributed by atoms with Gasteiger partial charge in [0.2, 0.25) is 5.91 Å². The van der Waals surface area contributed by atoms with Gasteiger partial charge in [-0.15, -0.1) is 0 Å². The molecule has 0 bridgehead atoms. The molecule has 0 radical (unpaired) electrons. The van der Waals surface area contributed by atoms with Crippen molar-refractivity contribution in [3.8, 4) is 0 Å². The maximum atomic E-state index is 11.6. The number of rotatable bonds is 8. The number of aliphatic hydroxyl groups is 1. The first-order valence-corrected chi connectivity index (χ1v) is 6.62. The van der Waals surface area contributed by atoms with Gasteiger partial charge in [-0.3, -0.25) is 4.79 Å². The molecule has 0 spiro atoms. The summed E-state index contributed by atoms with van der Waals surface area (Å²) < 4.78 is 0. The molecule has 0 fully saturated rings. The van der Waals surface area contributed by atoms with E-state index in [0.717, 1.165) is 12.8 Å². The smallest absolute Gasteiger partial charge is 0.221 e. The fourth-order valence-electron chi connectivity index (χ4n) is 1.74. The highest BCUT2D eigenvalue weighted by Gasteiger charge is 2.17. The third-order valence-corrected chi connectivity index (χ3v) is 3.38. The summed E-state index contributed by atoms with van der Waals surface area (Å²) in [7, 11) is 0. The molecule has 102 valence electrons. The Hall–Kier alpha value is -0.610. The molecule has 0 aliphatic rings. The number of aliphatic hydroxyl groups excluding tert-OH is 1. The van der Waals surface area contributed by atoms with E-state index in [1.54, 1.807) is 0 Å². The van der Waals surface area contributed by atoms with Crippen LogP contribution in [0.4, 0.5) is 0 Å². The van der Waals surface area contributed by atoms with E-state index in [1.165, 1.54) is 0 Å². The van der Waals surface area contributed by atoms with E-state index in [2.05, 4.69) is 5.32 Å². The SMILES string of the molecule is CCC(CC)C(O)CNC(=O)CC(N)C(C)C. The molecule has 4 nitrogen and oxygen atoms in total. The van der Waals surface area contributed by atoms with Crippen molar-refractivity contribution in [2.24, 2.45) is 17.6 Å². The summed E-state index contributed by atoms with van der Waals surface area (Å²) in [4.78, 5) is 11.6.